The van der Waals surface area contributed by atoms with Crippen molar-refractivity contribution in [2.24, 2.45) is 35.5 Å². The summed E-state index contributed by atoms with van der Waals surface area (Å²) >= 11 is 0. The largest absolute Gasteiger partial charge is 0.393 e. The Bertz CT molecular complexity index is 290. The molecule has 3 rings (SSSR count). The summed E-state index contributed by atoms with van der Waals surface area (Å²) in [7, 11) is 0. The van der Waals surface area contributed by atoms with Gasteiger partial charge < -0.3 is 5.11 Å². The fourth-order valence-corrected chi connectivity index (χ4v) is 5.36. The van der Waals surface area contributed by atoms with Gasteiger partial charge in [0.15, 0.2) is 0 Å². The van der Waals surface area contributed by atoms with Crippen LogP contribution in [0.3, 0.4) is 0 Å². The Morgan fingerprint density at radius 2 is 1.58 bits per heavy atom. The monoisotopic (exact) mass is 264 g/mol. The molecule has 3 aliphatic rings. The zero-order chi connectivity index (χ0) is 13.4. The minimum atomic E-state index is 0.0115. The van der Waals surface area contributed by atoms with Crippen LogP contribution >= 0.6 is 0 Å². The van der Waals surface area contributed by atoms with Crippen molar-refractivity contribution >= 4 is 0 Å². The summed E-state index contributed by atoms with van der Waals surface area (Å²) in [5.41, 5.74) is 0. The van der Waals surface area contributed by atoms with E-state index in [1.165, 1.54) is 51.4 Å². The third-order valence-corrected chi connectivity index (χ3v) is 6.73. The molecule has 4 unspecified atom stereocenters. The van der Waals surface area contributed by atoms with E-state index in [-0.39, 0.29) is 6.10 Å². The second kappa shape index (κ2) is 5.76. The van der Waals surface area contributed by atoms with E-state index in [1.54, 1.807) is 0 Å². The number of fused-ring (bicyclic) bond motifs is 2. The molecule has 2 bridgehead atoms. The van der Waals surface area contributed by atoms with Crippen LogP contribution < -0.4 is 0 Å². The van der Waals surface area contributed by atoms with Crippen molar-refractivity contribution in [2.45, 2.75) is 77.7 Å². The van der Waals surface area contributed by atoms with Crippen LogP contribution in [0.25, 0.3) is 0 Å². The molecule has 19 heavy (non-hydrogen) atoms. The van der Waals surface area contributed by atoms with Gasteiger partial charge in [-0.2, -0.15) is 0 Å². The molecule has 0 aliphatic heterocycles. The van der Waals surface area contributed by atoms with Crippen LogP contribution in [0.15, 0.2) is 0 Å². The predicted octanol–water partition coefficient (Wildman–Crippen LogP) is 4.64. The molecule has 1 heteroatoms. The lowest BCUT2D eigenvalue weighted by Gasteiger charge is -2.35. The van der Waals surface area contributed by atoms with Crippen molar-refractivity contribution in [3.63, 3.8) is 0 Å². The van der Waals surface area contributed by atoms with Gasteiger partial charge in [-0.15, -0.1) is 0 Å². The highest BCUT2D eigenvalue weighted by atomic mass is 16.3. The average Bonchev–Trinajstić information content (AvgIpc) is 3.01. The van der Waals surface area contributed by atoms with Crippen molar-refractivity contribution in [3.05, 3.63) is 0 Å². The van der Waals surface area contributed by atoms with Gasteiger partial charge in [0.1, 0.15) is 0 Å². The van der Waals surface area contributed by atoms with Gasteiger partial charge in [-0.1, -0.05) is 20.3 Å². The van der Waals surface area contributed by atoms with Gasteiger partial charge >= 0.3 is 0 Å². The van der Waals surface area contributed by atoms with Gasteiger partial charge in [-0.3, -0.25) is 0 Å². The molecule has 0 heterocycles. The first-order chi connectivity index (χ1) is 9.13. The lowest BCUT2D eigenvalue weighted by molar-refractivity contribution is 0.0405. The maximum Gasteiger partial charge on any atom is 0.0571 e. The molecule has 1 nitrogen and oxygen atoms in total. The van der Waals surface area contributed by atoms with Crippen molar-refractivity contribution in [3.8, 4) is 0 Å². The molecule has 3 aliphatic carbocycles. The van der Waals surface area contributed by atoms with Crippen LogP contribution in [0.5, 0.6) is 0 Å². The van der Waals surface area contributed by atoms with Crippen LogP contribution in [0.4, 0.5) is 0 Å². The van der Waals surface area contributed by atoms with Crippen molar-refractivity contribution < 1.29 is 5.11 Å². The fourth-order valence-electron chi connectivity index (χ4n) is 5.36. The van der Waals surface area contributed by atoms with Gasteiger partial charge in [0, 0.05) is 0 Å². The van der Waals surface area contributed by atoms with Gasteiger partial charge in [-0.25, -0.2) is 0 Å². The average molecular weight is 264 g/mol. The Labute approximate surface area is 119 Å². The Hall–Kier alpha value is -0.0400. The van der Waals surface area contributed by atoms with Crippen LogP contribution in [-0.2, 0) is 0 Å². The van der Waals surface area contributed by atoms with Gasteiger partial charge in [0.25, 0.3) is 0 Å². The minimum absolute atomic E-state index is 0.0115. The second-order valence-corrected chi connectivity index (χ2v) is 8.16. The zero-order valence-electron chi connectivity index (χ0n) is 12.9. The highest BCUT2D eigenvalue weighted by Gasteiger charge is 2.41. The lowest BCUT2D eigenvalue weighted by Crippen LogP contribution is -2.30. The summed E-state index contributed by atoms with van der Waals surface area (Å²) in [5.74, 6) is 5.26. The zero-order valence-corrected chi connectivity index (χ0v) is 12.9. The third kappa shape index (κ3) is 3.01. The molecule has 0 spiro atoms. The lowest BCUT2D eigenvalue weighted by atomic mass is 9.73. The number of aliphatic hydroxyl groups excluding tert-OH is 1. The van der Waals surface area contributed by atoms with E-state index in [1.807, 2.05) is 0 Å². The van der Waals surface area contributed by atoms with Gasteiger partial charge in [0.2, 0.25) is 0 Å². The topological polar surface area (TPSA) is 20.2 Å². The Morgan fingerprint density at radius 3 is 2.11 bits per heavy atom. The molecule has 4 atom stereocenters. The van der Waals surface area contributed by atoms with E-state index in [4.69, 9.17) is 0 Å². The van der Waals surface area contributed by atoms with Crippen LogP contribution in [0, 0.1) is 35.5 Å². The standard InChI is InChI=1S/C18H32O/c1-12(2)14-5-7-15(8-6-14)18(19)11-17-10-13-3-4-16(17)9-13/h12-19H,3-11H2,1-2H3. The quantitative estimate of drug-likeness (QED) is 0.784. The van der Waals surface area contributed by atoms with Crippen molar-refractivity contribution in [1.29, 1.82) is 0 Å². The first-order valence-corrected chi connectivity index (χ1v) is 8.81. The molecule has 0 radical (unpaired) electrons. The van der Waals surface area contributed by atoms with E-state index in [2.05, 4.69) is 13.8 Å². The smallest absolute Gasteiger partial charge is 0.0571 e. The molecular formula is C18H32O. The highest BCUT2D eigenvalue weighted by molar-refractivity contribution is 4.92. The summed E-state index contributed by atoms with van der Waals surface area (Å²) in [6, 6.07) is 0. The molecule has 0 saturated heterocycles. The summed E-state index contributed by atoms with van der Waals surface area (Å²) in [5, 5.41) is 10.6. The molecule has 0 aromatic rings. The molecule has 0 aromatic heterocycles. The first kappa shape index (κ1) is 13.9. The van der Waals surface area contributed by atoms with Crippen molar-refractivity contribution in [1.82, 2.24) is 0 Å². The number of hydrogen-bond acceptors (Lipinski definition) is 1. The van der Waals surface area contributed by atoms with E-state index in [9.17, 15) is 5.11 Å². The van der Waals surface area contributed by atoms with Crippen LogP contribution in [-0.4, -0.2) is 11.2 Å². The summed E-state index contributed by atoms with van der Waals surface area (Å²) in [6.07, 6.45) is 12.3. The third-order valence-electron chi connectivity index (χ3n) is 6.73. The summed E-state index contributed by atoms with van der Waals surface area (Å²) in [6.45, 7) is 4.72. The molecule has 3 fully saturated rings. The van der Waals surface area contributed by atoms with E-state index >= 15 is 0 Å². The van der Waals surface area contributed by atoms with E-state index in [0.717, 1.165) is 36.0 Å². The number of hydrogen-bond donors (Lipinski definition) is 1. The van der Waals surface area contributed by atoms with Gasteiger partial charge in [0.05, 0.1) is 6.10 Å². The normalized spacial score (nSPS) is 43.9. The first-order valence-electron chi connectivity index (χ1n) is 8.81. The Morgan fingerprint density at radius 1 is 0.895 bits per heavy atom. The Balaban J connectivity index is 1.45. The van der Waals surface area contributed by atoms with Crippen LogP contribution in [0.1, 0.15) is 71.6 Å². The van der Waals surface area contributed by atoms with Crippen LogP contribution in [0.2, 0.25) is 0 Å². The maximum atomic E-state index is 10.6. The second-order valence-electron chi connectivity index (χ2n) is 8.16. The van der Waals surface area contributed by atoms with Crippen molar-refractivity contribution in [2.75, 3.05) is 0 Å². The Kier molecular flexibility index (Phi) is 4.22. The molecular weight excluding hydrogens is 232 g/mol. The molecule has 3 saturated carbocycles. The molecule has 0 aromatic carbocycles. The minimum Gasteiger partial charge on any atom is -0.393 e. The summed E-state index contributed by atoms with van der Waals surface area (Å²) in [4.78, 5) is 0. The van der Waals surface area contributed by atoms with E-state index in [0.29, 0.717) is 5.92 Å². The predicted molar refractivity (Wildman–Crippen MR) is 79.8 cm³/mol. The molecule has 1 N–H and O–H groups in total. The summed E-state index contributed by atoms with van der Waals surface area (Å²) < 4.78 is 0. The van der Waals surface area contributed by atoms with Gasteiger partial charge in [-0.05, 0) is 86.9 Å². The number of aliphatic hydroxyl groups is 1. The maximum absolute atomic E-state index is 10.6. The molecule has 0 amide bonds. The fraction of sp³-hybridized carbons (Fsp3) is 1.00. The van der Waals surface area contributed by atoms with E-state index < -0.39 is 0 Å². The molecule has 110 valence electrons. The number of rotatable bonds is 4. The highest BCUT2D eigenvalue weighted by Crippen LogP contribution is 2.50. The SMILES string of the molecule is CC(C)C1CCC(C(O)CC2CC3CCC2C3)CC1.